The van der Waals surface area contributed by atoms with Crippen molar-refractivity contribution >= 4 is 5.69 Å². The van der Waals surface area contributed by atoms with Crippen molar-refractivity contribution in [2.75, 3.05) is 0 Å². The molecule has 6 heteroatoms. The molecule has 1 unspecified atom stereocenters. The molecule has 0 saturated heterocycles. The van der Waals surface area contributed by atoms with E-state index in [1.165, 1.54) is 12.1 Å². The molecule has 1 aromatic rings. The van der Waals surface area contributed by atoms with Crippen LogP contribution in [0.1, 0.15) is 37.3 Å². The van der Waals surface area contributed by atoms with Crippen molar-refractivity contribution in [3.63, 3.8) is 0 Å². The number of halogens is 2. The van der Waals surface area contributed by atoms with Crippen molar-refractivity contribution < 1.29 is 18.8 Å². The average Bonchev–Trinajstić information content (AvgIpc) is 2.29. The lowest BCUT2D eigenvalue weighted by atomic mass is 9.99. The van der Waals surface area contributed by atoms with Gasteiger partial charge in [-0.2, -0.15) is 0 Å². The largest absolute Gasteiger partial charge is 0.393 e. The van der Waals surface area contributed by atoms with Gasteiger partial charge in [-0.05, 0) is 18.4 Å². The molecule has 1 rings (SSSR count). The monoisotopic (exact) mass is 259 g/mol. The minimum absolute atomic E-state index is 0.0888. The second-order valence-electron chi connectivity index (χ2n) is 4.09. The summed E-state index contributed by atoms with van der Waals surface area (Å²) >= 11 is 0. The summed E-state index contributed by atoms with van der Waals surface area (Å²) in [5.41, 5.74) is -0.477. The SMILES string of the molecule is CCCC(O)Cc1ccc([N+](=O)[O-])cc1C(F)F. The Balaban J connectivity index is 3.00. The number of benzene rings is 1. The molecule has 0 aliphatic rings. The van der Waals surface area contributed by atoms with E-state index in [4.69, 9.17) is 0 Å². The van der Waals surface area contributed by atoms with Crippen LogP contribution in [0.4, 0.5) is 14.5 Å². The highest BCUT2D eigenvalue weighted by molar-refractivity contribution is 5.40. The number of aliphatic hydroxyl groups excluding tert-OH is 1. The van der Waals surface area contributed by atoms with Crippen LogP contribution in [0.2, 0.25) is 0 Å². The standard InChI is InChI=1S/C12H15F2NO3/c1-2-3-10(16)6-8-4-5-9(15(17)18)7-11(8)12(13)14/h4-5,7,10,12,16H,2-3,6H2,1H3. The Hall–Kier alpha value is -1.56. The van der Waals surface area contributed by atoms with Crippen molar-refractivity contribution in [1.29, 1.82) is 0 Å². The highest BCUT2D eigenvalue weighted by Crippen LogP contribution is 2.28. The third kappa shape index (κ3) is 3.73. The molecule has 0 saturated carbocycles. The van der Waals surface area contributed by atoms with Crippen LogP contribution in [0.5, 0.6) is 0 Å². The second kappa shape index (κ2) is 6.39. The molecule has 1 atom stereocenters. The average molecular weight is 259 g/mol. The minimum atomic E-state index is -2.78. The maximum atomic E-state index is 12.8. The summed E-state index contributed by atoms with van der Waals surface area (Å²) < 4.78 is 25.6. The van der Waals surface area contributed by atoms with Gasteiger partial charge < -0.3 is 5.11 Å². The van der Waals surface area contributed by atoms with Gasteiger partial charge in [0.2, 0.25) is 0 Å². The Morgan fingerprint density at radius 2 is 2.11 bits per heavy atom. The number of rotatable bonds is 6. The van der Waals surface area contributed by atoms with Gasteiger partial charge in [-0.1, -0.05) is 19.4 Å². The Labute approximate surface area is 103 Å². The van der Waals surface area contributed by atoms with E-state index in [1.807, 2.05) is 6.92 Å². The molecule has 0 bridgehead atoms. The zero-order valence-corrected chi connectivity index (χ0v) is 9.97. The van der Waals surface area contributed by atoms with Gasteiger partial charge in [0, 0.05) is 17.7 Å². The number of hydrogen-bond donors (Lipinski definition) is 1. The number of non-ortho nitro benzene ring substituents is 1. The fraction of sp³-hybridized carbons (Fsp3) is 0.500. The third-order valence-electron chi connectivity index (χ3n) is 2.65. The van der Waals surface area contributed by atoms with Crippen LogP contribution in [0.25, 0.3) is 0 Å². The molecular formula is C12H15F2NO3. The van der Waals surface area contributed by atoms with E-state index in [-0.39, 0.29) is 23.2 Å². The summed E-state index contributed by atoms with van der Waals surface area (Å²) in [7, 11) is 0. The van der Waals surface area contributed by atoms with Crippen LogP contribution in [-0.2, 0) is 6.42 Å². The lowest BCUT2D eigenvalue weighted by molar-refractivity contribution is -0.385. The lowest BCUT2D eigenvalue weighted by Crippen LogP contribution is -2.11. The summed E-state index contributed by atoms with van der Waals surface area (Å²) in [5, 5.41) is 20.1. The number of aliphatic hydroxyl groups is 1. The van der Waals surface area contributed by atoms with E-state index < -0.39 is 17.5 Å². The van der Waals surface area contributed by atoms with Crippen molar-refractivity contribution in [3.8, 4) is 0 Å². The van der Waals surface area contributed by atoms with E-state index in [0.717, 1.165) is 12.5 Å². The molecule has 18 heavy (non-hydrogen) atoms. The van der Waals surface area contributed by atoms with Gasteiger partial charge in [-0.3, -0.25) is 10.1 Å². The Kier molecular flexibility index (Phi) is 5.15. The molecule has 0 aromatic heterocycles. The lowest BCUT2D eigenvalue weighted by Gasteiger charge is -2.13. The zero-order chi connectivity index (χ0) is 13.7. The molecule has 0 amide bonds. The summed E-state index contributed by atoms with van der Waals surface area (Å²) in [6, 6.07) is 3.34. The van der Waals surface area contributed by atoms with Gasteiger partial charge in [0.1, 0.15) is 0 Å². The summed E-state index contributed by atoms with van der Waals surface area (Å²) in [6.45, 7) is 1.88. The normalized spacial score (nSPS) is 12.7. The zero-order valence-electron chi connectivity index (χ0n) is 9.97. The summed E-state index contributed by atoms with van der Waals surface area (Å²) in [6.07, 6.45) is -2.13. The molecule has 0 aliphatic carbocycles. The maximum Gasteiger partial charge on any atom is 0.269 e. The maximum absolute atomic E-state index is 12.8. The first-order chi connectivity index (χ1) is 8.45. The second-order valence-corrected chi connectivity index (χ2v) is 4.09. The molecule has 4 nitrogen and oxygen atoms in total. The summed E-state index contributed by atoms with van der Waals surface area (Å²) in [4.78, 5) is 9.81. The van der Waals surface area contributed by atoms with Crippen LogP contribution in [0.3, 0.4) is 0 Å². The minimum Gasteiger partial charge on any atom is -0.393 e. The molecule has 0 radical (unpaired) electrons. The van der Waals surface area contributed by atoms with Crippen LogP contribution in [-0.4, -0.2) is 16.1 Å². The molecule has 0 fully saturated rings. The highest BCUT2D eigenvalue weighted by atomic mass is 19.3. The first-order valence-corrected chi connectivity index (χ1v) is 5.69. The highest BCUT2D eigenvalue weighted by Gasteiger charge is 2.19. The third-order valence-corrected chi connectivity index (χ3v) is 2.65. The number of nitrogens with zero attached hydrogens (tertiary/aromatic N) is 1. The van der Waals surface area contributed by atoms with Crippen molar-refractivity contribution in [3.05, 3.63) is 39.4 Å². The fourth-order valence-corrected chi connectivity index (χ4v) is 1.77. The number of nitro benzene ring substituents is 1. The van der Waals surface area contributed by atoms with Crippen molar-refractivity contribution in [2.45, 2.75) is 38.7 Å². The Bertz CT molecular complexity index is 424. The van der Waals surface area contributed by atoms with Crippen molar-refractivity contribution in [1.82, 2.24) is 0 Å². The molecule has 100 valence electrons. The van der Waals surface area contributed by atoms with Gasteiger partial charge in [0.05, 0.1) is 11.0 Å². The molecule has 1 N–H and O–H groups in total. The van der Waals surface area contributed by atoms with Crippen molar-refractivity contribution in [2.24, 2.45) is 0 Å². The van der Waals surface area contributed by atoms with Crippen LogP contribution < -0.4 is 0 Å². The molecule has 0 aliphatic heterocycles. The number of hydrogen-bond acceptors (Lipinski definition) is 3. The quantitative estimate of drug-likeness (QED) is 0.630. The molecule has 0 heterocycles. The smallest absolute Gasteiger partial charge is 0.269 e. The first-order valence-electron chi connectivity index (χ1n) is 5.69. The topological polar surface area (TPSA) is 63.4 Å². The predicted octanol–water partition coefficient (Wildman–Crippen LogP) is 3.24. The number of alkyl halides is 2. The summed E-state index contributed by atoms with van der Waals surface area (Å²) in [5.74, 6) is 0. The van der Waals surface area contributed by atoms with Gasteiger partial charge >= 0.3 is 0 Å². The van der Waals surface area contributed by atoms with E-state index in [9.17, 15) is 24.0 Å². The Morgan fingerprint density at radius 1 is 1.44 bits per heavy atom. The Morgan fingerprint density at radius 3 is 2.61 bits per heavy atom. The molecule has 1 aromatic carbocycles. The fourth-order valence-electron chi connectivity index (χ4n) is 1.77. The van der Waals surface area contributed by atoms with Crippen LogP contribution in [0, 0.1) is 10.1 Å². The van der Waals surface area contributed by atoms with E-state index in [2.05, 4.69) is 0 Å². The first kappa shape index (κ1) is 14.5. The van der Waals surface area contributed by atoms with Gasteiger partial charge in [0.25, 0.3) is 12.1 Å². The van der Waals surface area contributed by atoms with E-state index in [0.29, 0.717) is 6.42 Å². The predicted molar refractivity (Wildman–Crippen MR) is 62.7 cm³/mol. The van der Waals surface area contributed by atoms with Gasteiger partial charge in [-0.25, -0.2) is 8.78 Å². The molecule has 0 spiro atoms. The van der Waals surface area contributed by atoms with E-state index in [1.54, 1.807) is 0 Å². The van der Waals surface area contributed by atoms with Gasteiger partial charge in [0.15, 0.2) is 0 Å². The van der Waals surface area contributed by atoms with E-state index >= 15 is 0 Å². The molecular weight excluding hydrogens is 244 g/mol. The van der Waals surface area contributed by atoms with Gasteiger partial charge in [-0.15, -0.1) is 0 Å². The van der Waals surface area contributed by atoms with Crippen LogP contribution in [0.15, 0.2) is 18.2 Å². The van der Waals surface area contributed by atoms with Crippen LogP contribution >= 0.6 is 0 Å². The number of nitro groups is 1.